The van der Waals surface area contributed by atoms with Crippen molar-refractivity contribution in [2.45, 2.75) is 39.0 Å². The van der Waals surface area contributed by atoms with E-state index in [2.05, 4.69) is 10.3 Å². The lowest BCUT2D eigenvalue weighted by Gasteiger charge is -2.19. The molecule has 0 aliphatic carbocycles. The number of nitrogens with zero attached hydrogens (tertiary/aromatic N) is 1. The number of carbonyl (C=O) groups excluding carboxylic acids is 1. The normalized spacial score (nSPS) is 12.1. The summed E-state index contributed by atoms with van der Waals surface area (Å²) < 4.78 is 41.9. The molecule has 0 aliphatic heterocycles. The SMILES string of the molecule is CC(C)(C)OC(=O)NCCc1ccc(C(F)(F)F)nc1. The predicted octanol–water partition coefficient (Wildman–Crippen LogP) is 3.17. The monoisotopic (exact) mass is 290 g/mol. The zero-order valence-electron chi connectivity index (χ0n) is 11.5. The topological polar surface area (TPSA) is 51.2 Å². The van der Waals surface area contributed by atoms with Crippen LogP contribution in [0, 0.1) is 0 Å². The van der Waals surface area contributed by atoms with Gasteiger partial charge in [-0.15, -0.1) is 0 Å². The number of carbonyl (C=O) groups is 1. The fourth-order valence-electron chi connectivity index (χ4n) is 1.36. The minimum absolute atomic E-state index is 0.266. The summed E-state index contributed by atoms with van der Waals surface area (Å²) in [5.41, 5.74) is -0.907. The summed E-state index contributed by atoms with van der Waals surface area (Å²) >= 11 is 0. The van der Waals surface area contributed by atoms with Crippen LogP contribution in [0.1, 0.15) is 32.0 Å². The van der Waals surface area contributed by atoms with E-state index in [1.807, 2.05) is 0 Å². The highest BCUT2D eigenvalue weighted by molar-refractivity contribution is 5.67. The van der Waals surface area contributed by atoms with E-state index in [-0.39, 0.29) is 6.54 Å². The van der Waals surface area contributed by atoms with Gasteiger partial charge in [-0.25, -0.2) is 4.79 Å². The Kier molecular flexibility index (Phi) is 4.97. The Hall–Kier alpha value is -1.79. The Morgan fingerprint density at radius 2 is 1.95 bits per heavy atom. The summed E-state index contributed by atoms with van der Waals surface area (Å²) in [6.45, 7) is 5.49. The number of alkyl carbamates (subject to hydrolysis) is 1. The molecule has 0 aliphatic rings. The van der Waals surface area contributed by atoms with Crippen LogP contribution in [0.25, 0.3) is 0 Å². The summed E-state index contributed by atoms with van der Waals surface area (Å²) in [6, 6.07) is 2.26. The van der Waals surface area contributed by atoms with E-state index in [1.165, 1.54) is 6.07 Å². The van der Waals surface area contributed by atoms with Gasteiger partial charge in [0.05, 0.1) is 0 Å². The molecule has 112 valence electrons. The molecule has 0 aromatic carbocycles. The van der Waals surface area contributed by atoms with Crippen molar-refractivity contribution in [1.82, 2.24) is 10.3 Å². The number of halogens is 3. The molecular weight excluding hydrogens is 273 g/mol. The van der Waals surface area contributed by atoms with E-state index >= 15 is 0 Å². The molecule has 1 aromatic rings. The van der Waals surface area contributed by atoms with Gasteiger partial charge in [-0.05, 0) is 38.8 Å². The molecule has 0 fully saturated rings. The zero-order valence-corrected chi connectivity index (χ0v) is 11.5. The van der Waals surface area contributed by atoms with Gasteiger partial charge in [-0.1, -0.05) is 6.07 Å². The molecule has 0 bridgehead atoms. The van der Waals surface area contributed by atoms with Crippen LogP contribution < -0.4 is 5.32 Å². The lowest BCUT2D eigenvalue weighted by Crippen LogP contribution is -2.33. The smallest absolute Gasteiger partial charge is 0.433 e. The van der Waals surface area contributed by atoms with E-state index in [1.54, 1.807) is 20.8 Å². The highest BCUT2D eigenvalue weighted by Gasteiger charge is 2.31. The predicted molar refractivity (Wildman–Crippen MR) is 67.2 cm³/mol. The Morgan fingerprint density at radius 1 is 1.30 bits per heavy atom. The largest absolute Gasteiger partial charge is 0.444 e. The summed E-state index contributed by atoms with van der Waals surface area (Å²) in [6.07, 6.45) is -3.46. The quantitative estimate of drug-likeness (QED) is 0.930. The van der Waals surface area contributed by atoms with Crippen LogP contribution in [0.2, 0.25) is 0 Å². The van der Waals surface area contributed by atoms with Gasteiger partial charge >= 0.3 is 12.3 Å². The average Bonchev–Trinajstić information content (AvgIpc) is 2.26. The lowest BCUT2D eigenvalue weighted by molar-refractivity contribution is -0.141. The lowest BCUT2D eigenvalue weighted by atomic mass is 10.2. The second kappa shape index (κ2) is 6.11. The fraction of sp³-hybridized carbons (Fsp3) is 0.538. The second-order valence-corrected chi connectivity index (χ2v) is 5.23. The molecule has 1 heterocycles. The molecule has 0 saturated heterocycles. The van der Waals surface area contributed by atoms with Crippen LogP contribution in [0.3, 0.4) is 0 Å². The molecule has 7 heteroatoms. The van der Waals surface area contributed by atoms with Gasteiger partial charge in [-0.2, -0.15) is 13.2 Å². The summed E-state index contributed by atoms with van der Waals surface area (Å²) in [4.78, 5) is 14.7. The summed E-state index contributed by atoms with van der Waals surface area (Å²) in [5.74, 6) is 0. The van der Waals surface area contributed by atoms with Crippen molar-refractivity contribution < 1.29 is 22.7 Å². The number of rotatable bonds is 3. The fourth-order valence-corrected chi connectivity index (χ4v) is 1.36. The number of ether oxygens (including phenoxy) is 1. The maximum absolute atomic E-state index is 12.3. The minimum atomic E-state index is -4.44. The van der Waals surface area contributed by atoms with Gasteiger partial charge < -0.3 is 10.1 Å². The molecule has 20 heavy (non-hydrogen) atoms. The van der Waals surface area contributed by atoms with Crippen molar-refractivity contribution in [3.05, 3.63) is 29.6 Å². The standard InChI is InChI=1S/C13H17F3N2O2/c1-12(2,3)20-11(19)17-7-6-9-4-5-10(18-8-9)13(14,15)16/h4-5,8H,6-7H2,1-3H3,(H,17,19). The Balaban J connectivity index is 2.42. The van der Waals surface area contributed by atoms with Gasteiger partial charge in [-0.3, -0.25) is 4.98 Å². The van der Waals surface area contributed by atoms with Crippen molar-refractivity contribution in [1.29, 1.82) is 0 Å². The number of pyridine rings is 1. The van der Waals surface area contributed by atoms with Crippen LogP contribution in [0.5, 0.6) is 0 Å². The van der Waals surface area contributed by atoms with Crippen LogP contribution in [0.15, 0.2) is 18.3 Å². The molecule has 1 N–H and O–H groups in total. The first-order valence-electron chi connectivity index (χ1n) is 6.07. The number of nitrogens with one attached hydrogen (secondary N) is 1. The van der Waals surface area contributed by atoms with Crippen molar-refractivity contribution in [3.8, 4) is 0 Å². The van der Waals surface area contributed by atoms with Crippen molar-refractivity contribution in [3.63, 3.8) is 0 Å². The first-order chi connectivity index (χ1) is 9.08. The van der Waals surface area contributed by atoms with Gasteiger partial charge in [0.25, 0.3) is 0 Å². The van der Waals surface area contributed by atoms with Crippen molar-refractivity contribution >= 4 is 6.09 Å². The average molecular weight is 290 g/mol. The van der Waals surface area contributed by atoms with Crippen LogP contribution in [-0.4, -0.2) is 23.2 Å². The third-order valence-electron chi connectivity index (χ3n) is 2.20. The maximum Gasteiger partial charge on any atom is 0.433 e. The second-order valence-electron chi connectivity index (χ2n) is 5.23. The van der Waals surface area contributed by atoms with E-state index < -0.39 is 23.6 Å². The first-order valence-corrected chi connectivity index (χ1v) is 6.07. The third-order valence-corrected chi connectivity index (χ3v) is 2.20. The van der Waals surface area contributed by atoms with Crippen molar-refractivity contribution in [2.75, 3.05) is 6.54 Å². The number of hydrogen-bond acceptors (Lipinski definition) is 3. The first kappa shape index (κ1) is 16.3. The molecule has 0 unspecified atom stereocenters. The molecule has 1 rings (SSSR count). The van der Waals surface area contributed by atoms with Gasteiger partial charge in [0.1, 0.15) is 11.3 Å². The summed E-state index contributed by atoms with van der Waals surface area (Å²) in [7, 11) is 0. The van der Waals surface area contributed by atoms with Gasteiger partial charge in [0.2, 0.25) is 0 Å². The van der Waals surface area contributed by atoms with Crippen LogP contribution >= 0.6 is 0 Å². The highest BCUT2D eigenvalue weighted by atomic mass is 19.4. The van der Waals surface area contributed by atoms with E-state index in [9.17, 15) is 18.0 Å². The van der Waals surface area contributed by atoms with E-state index in [4.69, 9.17) is 4.74 Å². The van der Waals surface area contributed by atoms with E-state index in [0.29, 0.717) is 12.0 Å². The van der Waals surface area contributed by atoms with Crippen molar-refractivity contribution in [2.24, 2.45) is 0 Å². The molecule has 0 atom stereocenters. The molecular formula is C13H17F3N2O2. The molecule has 1 amide bonds. The third kappa shape index (κ3) is 5.90. The number of aromatic nitrogens is 1. The molecule has 0 saturated carbocycles. The zero-order chi connectivity index (χ0) is 15.4. The molecule has 0 spiro atoms. The molecule has 1 aromatic heterocycles. The van der Waals surface area contributed by atoms with Gasteiger partial charge in [0.15, 0.2) is 0 Å². The number of alkyl halides is 3. The minimum Gasteiger partial charge on any atom is -0.444 e. The highest BCUT2D eigenvalue weighted by Crippen LogP contribution is 2.27. The van der Waals surface area contributed by atoms with Gasteiger partial charge in [0, 0.05) is 12.7 Å². The Labute approximate surface area is 115 Å². The van der Waals surface area contributed by atoms with Crippen LogP contribution in [-0.2, 0) is 17.3 Å². The van der Waals surface area contributed by atoms with E-state index in [0.717, 1.165) is 12.3 Å². The molecule has 0 radical (unpaired) electrons. The number of amides is 1. The maximum atomic E-state index is 12.3. The Bertz CT molecular complexity index is 450. The number of hydrogen-bond donors (Lipinski definition) is 1. The summed E-state index contributed by atoms with van der Waals surface area (Å²) in [5, 5.41) is 2.52. The molecule has 4 nitrogen and oxygen atoms in total. The van der Waals surface area contributed by atoms with Crippen LogP contribution in [0.4, 0.5) is 18.0 Å². The Morgan fingerprint density at radius 3 is 2.40 bits per heavy atom.